The molecule has 122 valence electrons. The molecule has 1 aliphatic heterocycles. The van der Waals surface area contributed by atoms with Crippen LogP contribution < -0.4 is 4.90 Å². The first-order valence-corrected chi connectivity index (χ1v) is 7.85. The standard InChI is InChI=1S/C16H26N4O2/c1-6-13-9-14(18-11-17-13)20-8-7-19(10-12(20)2)15(21)22-16(3,4)5/h9,11-12H,6-8,10H2,1-5H3/t12-/m0/s1. The van der Waals surface area contributed by atoms with E-state index in [9.17, 15) is 4.79 Å². The number of anilines is 1. The molecular formula is C16H26N4O2. The third-order valence-corrected chi connectivity index (χ3v) is 3.64. The highest BCUT2D eigenvalue weighted by atomic mass is 16.6. The highest BCUT2D eigenvalue weighted by Gasteiger charge is 2.30. The Kier molecular flexibility index (Phi) is 4.88. The molecule has 1 saturated heterocycles. The Balaban J connectivity index is 2.02. The molecule has 0 bridgehead atoms. The van der Waals surface area contributed by atoms with Crippen LogP contribution in [-0.4, -0.2) is 52.2 Å². The maximum absolute atomic E-state index is 12.2. The van der Waals surface area contributed by atoms with Gasteiger partial charge in [-0.1, -0.05) is 6.92 Å². The van der Waals surface area contributed by atoms with Crippen molar-refractivity contribution in [3.63, 3.8) is 0 Å². The van der Waals surface area contributed by atoms with Crippen LogP contribution in [0.5, 0.6) is 0 Å². The zero-order valence-corrected chi connectivity index (χ0v) is 14.2. The van der Waals surface area contributed by atoms with Crippen molar-refractivity contribution >= 4 is 11.9 Å². The first kappa shape index (κ1) is 16.5. The van der Waals surface area contributed by atoms with Crippen LogP contribution in [0, 0.1) is 0 Å². The number of rotatable bonds is 2. The number of carbonyl (C=O) groups is 1. The number of carbonyl (C=O) groups excluding carboxylic acids is 1. The summed E-state index contributed by atoms with van der Waals surface area (Å²) >= 11 is 0. The molecule has 1 fully saturated rings. The van der Waals surface area contributed by atoms with Gasteiger partial charge in [0.05, 0.1) is 0 Å². The fourth-order valence-corrected chi connectivity index (χ4v) is 2.53. The highest BCUT2D eigenvalue weighted by molar-refractivity contribution is 5.68. The van der Waals surface area contributed by atoms with Gasteiger partial charge < -0.3 is 14.5 Å². The molecule has 0 aliphatic carbocycles. The predicted molar refractivity (Wildman–Crippen MR) is 86.0 cm³/mol. The number of hydrogen-bond acceptors (Lipinski definition) is 5. The van der Waals surface area contributed by atoms with E-state index in [4.69, 9.17) is 4.74 Å². The van der Waals surface area contributed by atoms with Gasteiger partial charge in [-0.15, -0.1) is 0 Å². The number of ether oxygens (including phenoxy) is 1. The number of amides is 1. The number of aryl methyl sites for hydroxylation is 1. The van der Waals surface area contributed by atoms with Gasteiger partial charge in [0.25, 0.3) is 0 Å². The summed E-state index contributed by atoms with van der Waals surface area (Å²) in [4.78, 5) is 24.8. The van der Waals surface area contributed by atoms with Crippen molar-refractivity contribution in [2.45, 2.75) is 52.7 Å². The molecule has 1 amide bonds. The van der Waals surface area contributed by atoms with E-state index in [1.807, 2.05) is 26.8 Å². The molecule has 1 aromatic rings. The molecule has 1 aliphatic rings. The molecule has 22 heavy (non-hydrogen) atoms. The van der Waals surface area contributed by atoms with Gasteiger partial charge in [-0.05, 0) is 34.1 Å². The quantitative estimate of drug-likeness (QED) is 0.840. The number of nitrogens with zero attached hydrogens (tertiary/aromatic N) is 4. The molecule has 0 unspecified atom stereocenters. The van der Waals surface area contributed by atoms with Crippen molar-refractivity contribution in [1.82, 2.24) is 14.9 Å². The van der Waals surface area contributed by atoms with E-state index >= 15 is 0 Å². The zero-order chi connectivity index (χ0) is 16.3. The van der Waals surface area contributed by atoms with Crippen molar-refractivity contribution in [3.05, 3.63) is 18.1 Å². The maximum atomic E-state index is 12.2. The lowest BCUT2D eigenvalue weighted by molar-refractivity contribution is 0.0218. The van der Waals surface area contributed by atoms with E-state index in [1.54, 1.807) is 11.2 Å². The van der Waals surface area contributed by atoms with Crippen LogP contribution in [0.15, 0.2) is 12.4 Å². The van der Waals surface area contributed by atoms with Gasteiger partial charge >= 0.3 is 6.09 Å². The second-order valence-electron chi connectivity index (χ2n) is 6.69. The average molecular weight is 306 g/mol. The zero-order valence-electron chi connectivity index (χ0n) is 14.2. The molecule has 2 rings (SSSR count). The second kappa shape index (κ2) is 6.50. The minimum Gasteiger partial charge on any atom is -0.444 e. The second-order valence-corrected chi connectivity index (χ2v) is 6.69. The molecule has 0 radical (unpaired) electrons. The van der Waals surface area contributed by atoms with Crippen molar-refractivity contribution in [2.24, 2.45) is 0 Å². The molecule has 1 atom stereocenters. The fourth-order valence-electron chi connectivity index (χ4n) is 2.53. The van der Waals surface area contributed by atoms with Crippen LogP contribution in [0.4, 0.5) is 10.6 Å². The summed E-state index contributed by atoms with van der Waals surface area (Å²) in [6.07, 6.45) is 2.26. The molecule has 0 spiro atoms. The van der Waals surface area contributed by atoms with Gasteiger partial charge in [0.2, 0.25) is 0 Å². The van der Waals surface area contributed by atoms with Crippen LogP contribution in [0.25, 0.3) is 0 Å². The van der Waals surface area contributed by atoms with Gasteiger partial charge in [-0.25, -0.2) is 14.8 Å². The maximum Gasteiger partial charge on any atom is 0.410 e. The Morgan fingerprint density at radius 3 is 2.68 bits per heavy atom. The highest BCUT2D eigenvalue weighted by Crippen LogP contribution is 2.20. The van der Waals surface area contributed by atoms with Crippen LogP contribution in [-0.2, 0) is 11.2 Å². The summed E-state index contributed by atoms with van der Waals surface area (Å²) in [5, 5.41) is 0. The lowest BCUT2D eigenvalue weighted by atomic mass is 10.2. The average Bonchev–Trinajstić information content (AvgIpc) is 2.45. The van der Waals surface area contributed by atoms with Crippen molar-refractivity contribution in [2.75, 3.05) is 24.5 Å². The van der Waals surface area contributed by atoms with Crippen LogP contribution in [0.3, 0.4) is 0 Å². The number of aromatic nitrogens is 2. The minimum absolute atomic E-state index is 0.195. The summed E-state index contributed by atoms with van der Waals surface area (Å²) in [5.41, 5.74) is 0.576. The van der Waals surface area contributed by atoms with Gasteiger partial charge in [0.15, 0.2) is 0 Å². The topological polar surface area (TPSA) is 58.6 Å². The third-order valence-electron chi connectivity index (χ3n) is 3.64. The Hall–Kier alpha value is -1.85. The van der Waals surface area contributed by atoms with E-state index in [0.717, 1.165) is 24.5 Å². The SMILES string of the molecule is CCc1cc(N2CCN(C(=O)OC(C)(C)C)C[C@@H]2C)ncn1. The molecule has 6 heteroatoms. The Morgan fingerprint density at radius 2 is 2.09 bits per heavy atom. The Labute approximate surface area is 132 Å². The summed E-state index contributed by atoms with van der Waals surface area (Å²) in [5.74, 6) is 0.934. The first-order chi connectivity index (χ1) is 10.3. The van der Waals surface area contributed by atoms with Crippen LogP contribution in [0.2, 0.25) is 0 Å². The van der Waals surface area contributed by atoms with Crippen LogP contribution >= 0.6 is 0 Å². The van der Waals surface area contributed by atoms with Gasteiger partial charge in [-0.2, -0.15) is 0 Å². The van der Waals surface area contributed by atoms with Crippen molar-refractivity contribution in [3.8, 4) is 0 Å². The molecule has 0 aromatic carbocycles. The summed E-state index contributed by atoms with van der Waals surface area (Å²) in [6, 6.07) is 2.22. The Bertz CT molecular complexity index is 527. The van der Waals surface area contributed by atoms with Crippen LogP contribution in [0.1, 0.15) is 40.3 Å². The molecule has 1 aromatic heterocycles. The normalized spacial score (nSPS) is 19.2. The van der Waals surface area contributed by atoms with E-state index < -0.39 is 5.60 Å². The molecule has 6 nitrogen and oxygen atoms in total. The van der Waals surface area contributed by atoms with E-state index in [2.05, 4.69) is 28.7 Å². The summed E-state index contributed by atoms with van der Waals surface area (Å²) < 4.78 is 5.45. The van der Waals surface area contributed by atoms with Crippen molar-refractivity contribution < 1.29 is 9.53 Å². The smallest absolute Gasteiger partial charge is 0.410 e. The lowest BCUT2D eigenvalue weighted by Gasteiger charge is -2.40. The molecule has 0 saturated carbocycles. The van der Waals surface area contributed by atoms with Crippen molar-refractivity contribution in [1.29, 1.82) is 0 Å². The van der Waals surface area contributed by atoms with E-state index in [1.165, 1.54) is 0 Å². The third kappa shape index (κ3) is 4.08. The predicted octanol–water partition coefficient (Wildman–Crippen LogP) is 2.48. The van der Waals surface area contributed by atoms with Gasteiger partial charge in [0, 0.05) is 37.4 Å². The lowest BCUT2D eigenvalue weighted by Crippen LogP contribution is -2.54. The summed E-state index contributed by atoms with van der Waals surface area (Å²) in [6.45, 7) is 11.9. The first-order valence-electron chi connectivity index (χ1n) is 7.85. The molecular weight excluding hydrogens is 280 g/mol. The number of piperazine rings is 1. The fraction of sp³-hybridized carbons (Fsp3) is 0.688. The van der Waals surface area contributed by atoms with Gasteiger partial charge in [-0.3, -0.25) is 0 Å². The van der Waals surface area contributed by atoms with E-state index in [-0.39, 0.29) is 12.1 Å². The minimum atomic E-state index is -0.458. The van der Waals surface area contributed by atoms with Gasteiger partial charge in [0.1, 0.15) is 17.7 Å². The number of hydrogen-bond donors (Lipinski definition) is 0. The van der Waals surface area contributed by atoms with E-state index in [0.29, 0.717) is 13.1 Å². The Morgan fingerprint density at radius 1 is 1.36 bits per heavy atom. The monoisotopic (exact) mass is 306 g/mol. The molecule has 0 N–H and O–H groups in total. The summed E-state index contributed by atoms with van der Waals surface area (Å²) in [7, 11) is 0. The molecule has 2 heterocycles. The largest absolute Gasteiger partial charge is 0.444 e.